The van der Waals surface area contributed by atoms with E-state index in [1.165, 1.54) is 19.3 Å². The fraction of sp³-hybridized carbons (Fsp3) is 0.875. The van der Waals surface area contributed by atoms with Crippen LogP contribution in [0.3, 0.4) is 0 Å². The van der Waals surface area contributed by atoms with Gasteiger partial charge >= 0.3 is 0 Å². The number of likely N-dealkylation sites (tertiary alicyclic amines) is 1. The van der Waals surface area contributed by atoms with Crippen molar-refractivity contribution < 1.29 is 8.68 Å². The maximum atomic E-state index is 10.8. The van der Waals surface area contributed by atoms with Crippen LogP contribution in [-0.4, -0.2) is 35.7 Å². The molecule has 0 aromatic heterocycles. The van der Waals surface area contributed by atoms with Crippen molar-refractivity contribution in [3.05, 3.63) is 0 Å². The van der Waals surface area contributed by atoms with E-state index in [1.54, 1.807) is 11.9 Å². The van der Waals surface area contributed by atoms with Gasteiger partial charge in [-0.3, -0.25) is 8.68 Å². The Morgan fingerprint density at radius 2 is 2.00 bits per heavy atom. The molecule has 0 atom stereocenters. The van der Waals surface area contributed by atoms with Gasteiger partial charge in [-0.15, -0.1) is 0 Å². The third kappa shape index (κ3) is 2.38. The molecule has 4 heteroatoms. The van der Waals surface area contributed by atoms with Crippen LogP contribution in [0.25, 0.3) is 0 Å². The van der Waals surface area contributed by atoms with Crippen LogP contribution in [0, 0.1) is 0 Å². The van der Waals surface area contributed by atoms with Crippen LogP contribution in [0.5, 0.6) is 0 Å². The number of piperidine rings is 1. The van der Waals surface area contributed by atoms with Crippen LogP contribution in [0.1, 0.15) is 19.3 Å². The SMILES string of the molecule is CS[N+]1(CC(N)=O)CCCCC1. The van der Waals surface area contributed by atoms with Crippen molar-refractivity contribution in [3.8, 4) is 0 Å². The molecule has 0 aromatic carbocycles. The van der Waals surface area contributed by atoms with Gasteiger partial charge in [0.2, 0.25) is 0 Å². The van der Waals surface area contributed by atoms with Gasteiger partial charge in [0.25, 0.3) is 5.91 Å². The standard InChI is InChI=1S/C8H16N2OS/c1-12-10(7-8(9)11)5-3-2-4-6-10/h2-7H2,1H3,(H-,9,11)/p+1. The van der Waals surface area contributed by atoms with Gasteiger partial charge in [0.15, 0.2) is 6.54 Å². The van der Waals surface area contributed by atoms with E-state index in [0.717, 1.165) is 17.0 Å². The molecule has 70 valence electrons. The predicted molar refractivity (Wildman–Crippen MR) is 51.4 cm³/mol. The number of nitrogens with two attached hydrogens (primary N) is 1. The molecule has 0 unspecified atom stereocenters. The lowest BCUT2D eigenvalue weighted by atomic mass is 10.1. The maximum absolute atomic E-state index is 10.8. The quantitative estimate of drug-likeness (QED) is 0.526. The Kier molecular flexibility index (Phi) is 3.40. The first-order valence-corrected chi connectivity index (χ1v) is 5.57. The summed E-state index contributed by atoms with van der Waals surface area (Å²) in [7, 11) is 0. The average molecular weight is 189 g/mol. The second-order valence-electron chi connectivity index (χ2n) is 3.37. The lowest BCUT2D eigenvalue weighted by Crippen LogP contribution is -2.49. The number of hydrogen-bond donors (Lipinski definition) is 1. The van der Waals surface area contributed by atoms with Crippen molar-refractivity contribution in [2.24, 2.45) is 5.73 Å². The summed E-state index contributed by atoms with van der Waals surface area (Å²) in [4.78, 5) is 10.8. The summed E-state index contributed by atoms with van der Waals surface area (Å²) in [6.45, 7) is 2.70. The second kappa shape index (κ2) is 4.14. The number of amides is 1. The van der Waals surface area contributed by atoms with Crippen LogP contribution in [0.2, 0.25) is 0 Å². The molecule has 0 saturated carbocycles. The molecule has 0 aliphatic carbocycles. The van der Waals surface area contributed by atoms with Crippen LogP contribution >= 0.6 is 11.9 Å². The van der Waals surface area contributed by atoms with E-state index in [4.69, 9.17) is 5.73 Å². The van der Waals surface area contributed by atoms with Gasteiger partial charge in [-0.1, -0.05) is 0 Å². The Morgan fingerprint density at radius 1 is 1.42 bits per heavy atom. The van der Waals surface area contributed by atoms with E-state index < -0.39 is 0 Å². The van der Waals surface area contributed by atoms with Gasteiger partial charge in [-0.2, -0.15) is 0 Å². The van der Waals surface area contributed by atoms with Gasteiger partial charge < -0.3 is 5.73 Å². The maximum Gasteiger partial charge on any atom is 0.273 e. The highest BCUT2D eigenvalue weighted by Gasteiger charge is 2.31. The van der Waals surface area contributed by atoms with Crippen molar-refractivity contribution in [1.29, 1.82) is 0 Å². The van der Waals surface area contributed by atoms with Gasteiger partial charge in [-0.05, 0) is 19.3 Å². The van der Waals surface area contributed by atoms with Gasteiger partial charge in [0.05, 0.1) is 25.0 Å². The Labute approximate surface area is 78.0 Å². The molecule has 0 radical (unpaired) electrons. The van der Waals surface area contributed by atoms with E-state index in [9.17, 15) is 4.79 Å². The minimum atomic E-state index is -0.175. The first kappa shape index (κ1) is 9.86. The number of carbonyl (C=O) groups excluding carboxylic acids is 1. The molecule has 1 saturated heterocycles. The zero-order valence-electron chi connectivity index (χ0n) is 7.58. The molecule has 0 bridgehead atoms. The third-order valence-electron chi connectivity index (χ3n) is 2.46. The molecule has 3 nitrogen and oxygen atoms in total. The Balaban J connectivity index is 2.53. The summed E-state index contributed by atoms with van der Waals surface area (Å²) in [5.74, 6) is -0.175. The molecule has 1 amide bonds. The van der Waals surface area contributed by atoms with Crippen LogP contribution in [0.15, 0.2) is 0 Å². The van der Waals surface area contributed by atoms with Crippen molar-refractivity contribution in [3.63, 3.8) is 0 Å². The number of quaternary nitrogens is 1. The number of carbonyl (C=O) groups is 1. The number of rotatable bonds is 3. The number of hydrogen-bond acceptors (Lipinski definition) is 2. The Bertz CT molecular complexity index is 166. The molecule has 0 spiro atoms. The number of primary amides is 1. The molecule has 1 aliphatic heterocycles. The summed E-state index contributed by atoms with van der Waals surface area (Å²) in [6, 6.07) is 0. The smallest absolute Gasteiger partial charge is 0.273 e. The van der Waals surface area contributed by atoms with E-state index in [-0.39, 0.29) is 5.91 Å². The summed E-state index contributed by atoms with van der Waals surface area (Å²) in [6.07, 6.45) is 5.83. The fourth-order valence-corrected chi connectivity index (χ4v) is 2.66. The molecule has 12 heavy (non-hydrogen) atoms. The first-order chi connectivity index (χ1) is 5.68. The Hall–Kier alpha value is -0.220. The normalized spacial score (nSPS) is 22.1. The molecule has 1 heterocycles. The zero-order chi connectivity index (χ0) is 9.03. The van der Waals surface area contributed by atoms with Crippen LogP contribution in [-0.2, 0) is 4.79 Å². The van der Waals surface area contributed by atoms with E-state index in [1.807, 2.05) is 0 Å². The highest BCUT2D eigenvalue weighted by molar-refractivity contribution is 7.93. The van der Waals surface area contributed by atoms with Gasteiger partial charge in [0, 0.05) is 6.26 Å². The van der Waals surface area contributed by atoms with Gasteiger partial charge in [0.1, 0.15) is 0 Å². The number of nitrogens with zero attached hydrogens (tertiary/aromatic N) is 1. The van der Waals surface area contributed by atoms with Crippen molar-refractivity contribution in [2.75, 3.05) is 25.9 Å². The topological polar surface area (TPSA) is 43.1 Å². The van der Waals surface area contributed by atoms with Gasteiger partial charge in [-0.25, -0.2) is 0 Å². The van der Waals surface area contributed by atoms with E-state index in [0.29, 0.717) is 6.54 Å². The average Bonchev–Trinajstić information content (AvgIpc) is 2.05. The lowest BCUT2D eigenvalue weighted by Gasteiger charge is -2.36. The minimum Gasteiger partial charge on any atom is -0.365 e. The van der Waals surface area contributed by atoms with Crippen LogP contribution in [0.4, 0.5) is 0 Å². The lowest BCUT2D eigenvalue weighted by molar-refractivity contribution is -0.792. The van der Waals surface area contributed by atoms with E-state index >= 15 is 0 Å². The molecule has 1 rings (SSSR count). The van der Waals surface area contributed by atoms with E-state index in [2.05, 4.69) is 6.26 Å². The Morgan fingerprint density at radius 3 is 2.42 bits per heavy atom. The largest absolute Gasteiger partial charge is 0.365 e. The second-order valence-corrected chi connectivity index (χ2v) is 4.51. The molecule has 1 aliphatic rings. The summed E-state index contributed by atoms with van der Waals surface area (Å²) in [5.41, 5.74) is 5.22. The summed E-state index contributed by atoms with van der Waals surface area (Å²) < 4.78 is 0.843. The minimum absolute atomic E-state index is 0.175. The third-order valence-corrected chi connectivity index (χ3v) is 3.73. The van der Waals surface area contributed by atoms with Crippen molar-refractivity contribution in [2.45, 2.75) is 19.3 Å². The zero-order valence-corrected chi connectivity index (χ0v) is 8.40. The highest BCUT2D eigenvalue weighted by Crippen LogP contribution is 2.26. The molecule has 1 fully saturated rings. The first-order valence-electron chi connectivity index (χ1n) is 4.39. The van der Waals surface area contributed by atoms with Crippen molar-refractivity contribution >= 4 is 17.9 Å². The monoisotopic (exact) mass is 189 g/mol. The highest BCUT2D eigenvalue weighted by atomic mass is 32.2. The molecule has 2 N–H and O–H groups in total. The molecular weight excluding hydrogens is 172 g/mol. The molecular formula is C8H17N2OS+. The van der Waals surface area contributed by atoms with Crippen LogP contribution < -0.4 is 5.73 Å². The predicted octanol–water partition coefficient (Wildman–Crippen LogP) is 0.750. The molecule has 0 aromatic rings. The summed E-state index contributed by atoms with van der Waals surface area (Å²) >= 11 is 1.76. The summed E-state index contributed by atoms with van der Waals surface area (Å²) in [5, 5.41) is 0. The fourth-order valence-electron chi connectivity index (χ4n) is 1.78. The van der Waals surface area contributed by atoms with Crippen molar-refractivity contribution in [1.82, 2.24) is 0 Å².